The maximum atomic E-state index is 12.5. The van der Waals surface area contributed by atoms with Gasteiger partial charge in [-0.15, -0.1) is 10.2 Å². The number of aromatic nitrogens is 3. The van der Waals surface area contributed by atoms with E-state index < -0.39 is 0 Å². The van der Waals surface area contributed by atoms with Crippen LogP contribution in [0.15, 0.2) is 88.5 Å². The van der Waals surface area contributed by atoms with Crippen molar-refractivity contribution in [1.82, 2.24) is 14.8 Å². The first-order valence-electron chi connectivity index (χ1n) is 10.2. The smallest absolute Gasteiger partial charge is 0.234 e. The highest BCUT2D eigenvalue weighted by atomic mass is 79.9. The average Bonchev–Trinajstić information content (AvgIpc) is 3.25. The van der Waals surface area contributed by atoms with Gasteiger partial charge in [0.2, 0.25) is 5.91 Å². The Kier molecular flexibility index (Phi) is 7.69. The number of nitrogens with one attached hydrogen (secondary N) is 2. The molecule has 1 aromatic heterocycles. The fraction of sp³-hybridized carbons (Fsp3) is 0.125. The number of amides is 1. The summed E-state index contributed by atoms with van der Waals surface area (Å²) in [5.41, 5.74) is 2.49. The maximum absolute atomic E-state index is 12.5. The summed E-state index contributed by atoms with van der Waals surface area (Å²) < 4.78 is 2.99. The van der Waals surface area contributed by atoms with E-state index in [1.807, 2.05) is 78.2 Å². The van der Waals surface area contributed by atoms with Crippen molar-refractivity contribution in [3.8, 4) is 5.69 Å². The lowest BCUT2D eigenvalue weighted by molar-refractivity contribution is -0.113. The maximum Gasteiger partial charge on any atom is 0.234 e. The molecule has 0 saturated carbocycles. The molecule has 0 aliphatic carbocycles. The SMILES string of the molecule is C[C@H](Nc1ccc(Br)cc1)c1nnc(SCC(=O)Nc2ccccc2Cl)n1-c1ccccc1. The molecule has 0 bridgehead atoms. The van der Waals surface area contributed by atoms with Crippen LogP contribution in [0.5, 0.6) is 0 Å². The van der Waals surface area contributed by atoms with Crippen molar-refractivity contribution in [1.29, 1.82) is 0 Å². The Morgan fingerprint density at radius 2 is 1.73 bits per heavy atom. The van der Waals surface area contributed by atoms with E-state index in [2.05, 4.69) is 36.8 Å². The van der Waals surface area contributed by atoms with E-state index >= 15 is 0 Å². The number of carbonyl (C=O) groups excluding carboxylic acids is 1. The van der Waals surface area contributed by atoms with E-state index in [1.165, 1.54) is 11.8 Å². The number of carbonyl (C=O) groups is 1. The summed E-state index contributed by atoms with van der Waals surface area (Å²) in [6.07, 6.45) is 0. The Morgan fingerprint density at radius 3 is 2.45 bits per heavy atom. The summed E-state index contributed by atoms with van der Waals surface area (Å²) in [7, 11) is 0. The van der Waals surface area contributed by atoms with Gasteiger partial charge in [0.25, 0.3) is 0 Å². The van der Waals surface area contributed by atoms with E-state index in [4.69, 9.17) is 11.6 Å². The minimum atomic E-state index is -0.168. The number of hydrogen-bond acceptors (Lipinski definition) is 5. The first-order chi connectivity index (χ1) is 16.0. The van der Waals surface area contributed by atoms with Gasteiger partial charge in [0, 0.05) is 15.8 Å². The number of nitrogens with zero attached hydrogens (tertiary/aromatic N) is 3. The molecule has 1 amide bonds. The van der Waals surface area contributed by atoms with Crippen LogP contribution in [0, 0.1) is 0 Å². The van der Waals surface area contributed by atoms with E-state index in [1.54, 1.807) is 12.1 Å². The molecule has 4 aromatic rings. The second-order valence-electron chi connectivity index (χ2n) is 7.20. The van der Waals surface area contributed by atoms with Crippen molar-refractivity contribution in [2.45, 2.75) is 18.1 Å². The van der Waals surface area contributed by atoms with Crippen LogP contribution in [0.1, 0.15) is 18.8 Å². The molecule has 0 spiro atoms. The van der Waals surface area contributed by atoms with Gasteiger partial charge in [0.1, 0.15) is 0 Å². The molecule has 6 nitrogen and oxygen atoms in total. The molecule has 0 saturated heterocycles. The molecule has 0 aliphatic rings. The molecule has 3 aromatic carbocycles. The highest BCUT2D eigenvalue weighted by molar-refractivity contribution is 9.10. The number of benzene rings is 3. The van der Waals surface area contributed by atoms with E-state index in [-0.39, 0.29) is 17.7 Å². The minimum Gasteiger partial charge on any atom is -0.375 e. The zero-order chi connectivity index (χ0) is 23.2. The summed E-state index contributed by atoms with van der Waals surface area (Å²) in [5, 5.41) is 16.3. The van der Waals surface area contributed by atoms with Crippen LogP contribution in [0.2, 0.25) is 5.02 Å². The number of thioether (sulfide) groups is 1. The van der Waals surface area contributed by atoms with Gasteiger partial charge in [0.05, 0.1) is 22.5 Å². The molecule has 168 valence electrons. The van der Waals surface area contributed by atoms with Gasteiger partial charge in [-0.1, -0.05) is 69.6 Å². The molecular formula is C24H21BrClN5OS. The van der Waals surface area contributed by atoms with Gasteiger partial charge in [0.15, 0.2) is 11.0 Å². The molecule has 4 rings (SSSR count). The first-order valence-corrected chi connectivity index (χ1v) is 12.4. The van der Waals surface area contributed by atoms with Crippen molar-refractivity contribution in [2.75, 3.05) is 16.4 Å². The van der Waals surface area contributed by atoms with Gasteiger partial charge < -0.3 is 10.6 Å². The van der Waals surface area contributed by atoms with Crippen LogP contribution in [0.4, 0.5) is 11.4 Å². The molecular weight excluding hydrogens is 522 g/mol. The molecule has 0 fully saturated rings. The summed E-state index contributed by atoms with van der Waals surface area (Å²) in [6.45, 7) is 2.03. The van der Waals surface area contributed by atoms with Crippen LogP contribution >= 0.6 is 39.3 Å². The monoisotopic (exact) mass is 541 g/mol. The third-order valence-electron chi connectivity index (χ3n) is 4.77. The van der Waals surface area contributed by atoms with Gasteiger partial charge >= 0.3 is 0 Å². The highest BCUT2D eigenvalue weighted by Gasteiger charge is 2.20. The Bertz CT molecular complexity index is 1230. The zero-order valence-corrected chi connectivity index (χ0v) is 20.9. The first kappa shape index (κ1) is 23.4. The Hall–Kier alpha value is -2.81. The summed E-state index contributed by atoms with van der Waals surface area (Å²) in [4.78, 5) is 12.5. The molecule has 33 heavy (non-hydrogen) atoms. The van der Waals surface area contributed by atoms with E-state index in [0.29, 0.717) is 15.9 Å². The summed E-state index contributed by atoms with van der Waals surface area (Å²) in [5.74, 6) is 0.751. The van der Waals surface area contributed by atoms with Crippen LogP contribution in [-0.2, 0) is 4.79 Å². The Morgan fingerprint density at radius 1 is 1.03 bits per heavy atom. The highest BCUT2D eigenvalue weighted by Crippen LogP contribution is 2.28. The largest absolute Gasteiger partial charge is 0.375 e. The Balaban J connectivity index is 1.54. The molecule has 0 radical (unpaired) electrons. The zero-order valence-electron chi connectivity index (χ0n) is 17.7. The fourth-order valence-electron chi connectivity index (χ4n) is 3.21. The average molecular weight is 543 g/mol. The molecule has 1 heterocycles. The van der Waals surface area contributed by atoms with Gasteiger partial charge in [-0.05, 0) is 55.5 Å². The van der Waals surface area contributed by atoms with Crippen molar-refractivity contribution >= 4 is 56.6 Å². The van der Waals surface area contributed by atoms with Crippen LogP contribution in [0.3, 0.4) is 0 Å². The third kappa shape index (κ3) is 5.96. The molecule has 0 aliphatic heterocycles. The molecule has 0 unspecified atom stereocenters. The van der Waals surface area contributed by atoms with Gasteiger partial charge in [-0.25, -0.2) is 0 Å². The third-order valence-corrected chi connectivity index (χ3v) is 6.55. The second kappa shape index (κ2) is 10.9. The number of rotatable bonds is 8. The van der Waals surface area contributed by atoms with Crippen molar-refractivity contribution < 1.29 is 4.79 Å². The molecule has 9 heteroatoms. The van der Waals surface area contributed by atoms with Crippen molar-refractivity contribution in [2.24, 2.45) is 0 Å². The van der Waals surface area contributed by atoms with Crippen LogP contribution < -0.4 is 10.6 Å². The quantitative estimate of drug-likeness (QED) is 0.246. The Labute approximate surface area is 209 Å². The van der Waals surface area contributed by atoms with Gasteiger partial charge in [-0.3, -0.25) is 9.36 Å². The lowest BCUT2D eigenvalue weighted by Crippen LogP contribution is -2.16. The minimum absolute atomic E-state index is 0.120. The van der Waals surface area contributed by atoms with Crippen molar-refractivity contribution in [3.05, 3.63) is 94.2 Å². The second-order valence-corrected chi connectivity index (χ2v) is 9.47. The van der Waals surface area contributed by atoms with Crippen molar-refractivity contribution in [3.63, 3.8) is 0 Å². The number of anilines is 2. The predicted octanol–water partition coefficient (Wildman–Crippen LogP) is 6.59. The molecule has 1 atom stereocenters. The van der Waals surface area contributed by atoms with Gasteiger partial charge in [-0.2, -0.15) is 0 Å². The summed E-state index contributed by atoms with van der Waals surface area (Å²) >= 11 is 10.9. The topological polar surface area (TPSA) is 71.8 Å². The van der Waals surface area contributed by atoms with E-state index in [9.17, 15) is 4.79 Å². The lowest BCUT2D eigenvalue weighted by atomic mass is 10.2. The number of hydrogen-bond donors (Lipinski definition) is 2. The normalized spacial score (nSPS) is 11.7. The van der Waals surface area contributed by atoms with E-state index in [0.717, 1.165) is 21.7 Å². The summed E-state index contributed by atoms with van der Waals surface area (Å²) in [6, 6.07) is 24.9. The fourth-order valence-corrected chi connectivity index (χ4v) is 4.42. The predicted molar refractivity (Wildman–Crippen MR) is 138 cm³/mol. The number of halogens is 2. The number of para-hydroxylation sites is 2. The van der Waals surface area contributed by atoms with Crippen LogP contribution in [-0.4, -0.2) is 26.4 Å². The van der Waals surface area contributed by atoms with Crippen LogP contribution in [0.25, 0.3) is 5.69 Å². The lowest BCUT2D eigenvalue weighted by Gasteiger charge is -2.17. The molecule has 2 N–H and O–H groups in total. The standard InChI is InChI=1S/C24H21BrClN5OS/c1-16(27-18-13-11-17(25)12-14-18)23-29-30-24(31(23)19-7-3-2-4-8-19)33-15-22(32)28-21-10-6-5-9-20(21)26/h2-14,16,27H,15H2,1H3,(H,28,32)/t16-/m0/s1.